The third-order valence-electron chi connectivity index (χ3n) is 3.71. The SMILES string of the molecule is CC(=O)C1=C(C)N(c2ccccc2)C(=S)N[C@@H]1c1ccco1. The average molecular weight is 312 g/mol. The number of nitrogens with one attached hydrogen (secondary N) is 1. The van der Waals surface area contributed by atoms with Gasteiger partial charge in [-0.3, -0.25) is 9.69 Å². The molecule has 1 aliphatic rings. The summed E-state index contributed by atoms with van der Waals surface area (Å²) in [5.41, 5.74) is 2.41. The van der Waals surface area contributed by atoms with Crippen molar-refractivity contribution in [3.8, 4) is 0 Å². The second-order valence-electron chi connectivity index (χ2n) is 5.12. The van der Waals surface area contributed by atoms with Gasteiger partial charge in [-0.05, 0) is 50.3 Å². The average Bonchev–Trinajstić information content (AvgIpc) is 3.01. The Labute approximate surface area is 134 Å². The molecule has 0 spiro atoms. The number of rotatable bonds is 3. The fraction of sp³-hybridized carbons (Fsp3) is 0.176. The number of para-hydroxylation sites is 1. The molecule has 1 aromatic carbocycles. The first kappa shape index (κ1) is 14.5. The number of thiocarbonyl (C=S) groups is 1. The minimum atomic E-state index is -0.347. The molecule has 0 saturated carbocycles. The lowest BCUT2D eigenvalue weighted by molar-refractivity contribution is -0.114. The lowest BCUT2D eigenvalue weighted by Crippen LogP contribution is -2.47. The first-order chi connectivity index (χ1) is 10.6. The van der Waals surface area contributed by atoms with Crippen LogP contribution in [0.2, 0.25) is 0 Å². The van der Waals surface area contributed by atoms with E-state index in [1.807, 2.05) is 48.2 Å². The van der Waals surface area contributed by atoms with Crippen LogP contribution in [0.4, 0.5) is 5.69 Å². The van der Waals surface area contributed by atoms with Gasteiger partial charge in [-0.2, -0.15) is 0 Å². The summed E-state index contributed by atoms with van der Waals surface area (Å²) in [6.45, 7) is 3.47. The fourth-order valence-corrected chi connectivity index (χ4v) is 3.12. The van der Waals surface area contributed by atoms with E-state index in [9.17, 15) is 4.79 Å². The molecule has 1 N–H and O–H groups in total. The van der Waals surface area contributed by atoms with Crippen LogP contribution in [-0.4, -0.2) is 10.9 Å². The summed E-state index contributed by atoms with van der Waals surface area (Å²) >= 11 is 5.50. The maximum Gasteiger partial charge on any atom is 0.178 e. The van der Waals surface area contributed by atoms with Crippen LogP contribution >= 0.6 is 12.2 Å². The van der Waals surface area contributed by atoms with Crippen LogP contribution < -0.4 is 10.2 Å². The molecule has 3 rings (SSSR count). The number of carbonyl (C=O) groups excluding carboxylic acids is 1. The van der Waals surface area contributed by atoms with Gasteiger partial charge in [-0.15, -0.1) is 0 Å². The zero-order valence-electron chi connectivity index (χ0n) is 12.4. The van der Waals surface area contributed by atoms with Crippen molar-refractivity contribution in [3.63, 3.8) is 0 Å². The normalized spacial score (nSPS) is 18.4. The summed E-state index contributed by atoms with van der Waals surface area (Å²) in [5, 5.41) is 3.77. The van der Waals surface area contributed by atoms with Gasteiger partial charge >= 0.3 is 0 Å². The molecule has 0 amide bonds. The third-order valence-corrected chi connectivity index (χ3v) is 4.01. The van der Waals surface area contributed by atoms with E-state index >= 15 is 0 Å². The van der Waals surface area contributed by atoms with Gasteiger partial charge in [0.05, 0.1) is 6.26 Å². The van der Waals surface area contributed by atoms with E-state index in [0.29, 0.717) is 16.4 Å². The van der Waals surface area contributed by atoms with Gasteiger partial charge in [-0.1, -0.05) is 18.2 Å². The van der Waals surface area contributed by atoms with Crippen LogP contribution in [0.15, 0.2) is 64.4 Å². The van der Waals surface area contributed by atoms with E-state index < -0.39 is 0 Å². The Morgan fingerprint density at radius 2 is 1.95 bits per heavy atom. The molecule has 2 heterocycles. The number of hydrogen-bond donors (Lipinski definition) is 1. The van der Waals surface area contributed by atoms with E-state index in [1.54, 1.807) is 19.3 Å². The largest absolute Gasteiger partial charge is 0.467 e. The molecular weight excluding hydrogens is 296 g/mol. The molecule has 4 nitrogen and oxygen atoms in total. The number of Topliss-reactive ketones (excluding diaryl/α,β-unsaturated/α-hetero) is 1. The van der Waals surface area contributed by atoms with E-state index in [2.05, 4.69) is 5.32 Å². The Hall–Kier alpha value is -2.40. The number of ketones is 1. The maximum atomic E-state index is 12.2. The van der Waals surface area contributed by atoms with Crippen molar-refractivity contribution < 1.29 is 9.21 Å². The minimum absolute atomic E-state index is 0.00479. The second-order valence-corrected chi connectivity index (χ2v) is 5.51. The Bertz CT molecular complexity index is 735. The quantitative estimate of drug-likeness (QED) is 0.878. The van der Waals surface area contributed by atoms with Crippen LogP contribution in [0.25, 0.3) is 0 Å². The highest BCUT2D eigenvalue weighted by molar-refractivity contribution is 7.80. The van der Waals surface area contributed by atoms with Gasteiger partial charge in [0.25, 0.3) is 0 Å². The van der Waals surface area contributed by atoms with Crippen molar-refractivity contribution in [2.45, 2.75) is 19.9 Å². The summed E-state index contributed by atoms with van der Waals surface area (Å²) in [4.78, 5) is 14.1. The summed E-state index contributed by atoms with van der Waals surface area (Å²) in [6, 6.07) is 13.0. The number of hydrogen-bond acceptors (Lipinski definition) is 3. The third kappa shape index (κ3) is 2.44. The molecule has 112 valence electrons. The molecule has 0 bridgehead atoms. The Balaban J connectivity index is 2.12. The Morgan fingerprint density at radius 3 is 2.55 bits per heavy atom. The minimum Gasteiger partial charge on any atom is -0.467 e. The van der Waals surface area contributed by atoms with Crippen molar-refractivity contribution in [2.75, 3.05) is 4.90 Å². The molecule has 0 fully saturated rings. The highest BCUT2D eigenvalue weighted by Gasteiger charge is 2.34. The molecule has 22 heavy (non-hydrogen) atoms. The summed E-state index contributed by atoms with van der Waals surface area (Å²) in [7, 11) is 0. The number of anilines is 1. The topological polar surface area (TPSA) is 45.5 Å². The zero-order valence-corrected chi connectivity index (χ0v) is 13.2. The molecular formula is C17H16N2O2S. The molecule has 1 aromatic heterocycles. The molecule has 2 aromatic rings. The fourth-order valence-electron chi connectivity index (χ4n) is 2.76. The standard InChI is InChI=1S/C17H16N2O2S/c1-11-15(12(2)20)16(14-9-6-10-21-14)18-17(22)19(11)13-7-4-3-5-8-13/h3-10,16H,1-2H3,(H,18,22)/t16-/m1/s1. The van der Waals surface area contributed by atoms with Crippen LogP contribution in [0, 0.1) is 0 Å². The number of allylic oxidation sites excluding steroid dienone is 1. The molecule has 0 unspecified atom stereocenters. The second kappa shape index (κ2) is 5.77. The van der Waals surface area contributed by atoms with Gasteiger partial charge in [0, 0.05) is 17.0 Å². The number of benzene rings is 1. The van der Waals surface area contributed by atoms with E-state index in [0.717, 1.165) is 11.4 Å². The number of carbonyl (C=O) groups is 1. The lowest BCUT2D eigenvalue weighted by atomic mass is 9.96. The monoisotopic (exact) mass is 312 g/mol. The highest BCUT2D eigenvalue weighted by Crippen LogP contribution is 2.33. The van der Waals surface area contributed by atoms with Gasteiger partial charge in [0.15, 0.2) is 10.9 Å². The first-order valence-electron chi connectivity index (χ1n) is 7.00. The predicted molar refractivity (Wildman–Crippen MR) is 89.5 cm³/mol. The predicted octanol–water partition coefficient (Wildman–Crippen LogP) is 3.58. The number of nitrogens with zero attached hydrogens (tertiary/aromatic N) is 1. The lowest BCUT2D eigenvalue weighted by Gasteiger charge is -2.36. The van der Waals surface area contributed by atoms with Crippen LogP contribution in [0.1, 0.15) is 25.6 Å². The number of furan rings is 1. The van der Waals surface area contributed by atoms with E-state index in [1.165, 1.54) is 0 Å². The van der Waals surface area contributed by atoms with E-state index in [4.69, 9.17) is 16.6 Å². The highest BCUT2D eigenvalue weighted by atomic mass is 32.1. The van der Waals surface area contributed by atoms with Crippen molar-refractivity contribution in [3.05, 3.63) is 65.8 Å². The van der Waals surface area contributed by atoms with Crippen molar-refractivity contribution in [2.24, 2.45) is 0 Å². The zero-order chi connectivity index (χ0) is 15.7. The maximum absolute atomic E-state index is 12.2. The summed E-state index contributed by atoms with van der Waals surface area (Å²) in [5.74, 6) is 0.675. The molecule has 0 radical (unpaired) electrons. The molecule has 0 aliphatic carbocycles. The van der Waals surface area contributed by atoms with Crippen LogP contribution in [0.5, 0.6) is 0 Å². The Kier molecular flexibility index (Phi) is 3.81. The molecule has 1 atom stereocenters. The first-order valence-corrected chi connectivity index (χ1v) is 7.41. The van der Waals surface area contributed by atoms with E-state index in [-0.39, 0.29) is 11.8 Å². The molecule has 1 aliphatic heterocycles. The van der Waals surface area contributed by atoms with Crippen LogP contribution in [-0.2, 0) is 4.79 Å². The summed E-state index contributed by atoms with van der Waals surface area (Å²) < 4.78 is 5.46. The van der Waals surface area contributed by atoms with Gasteiger partial charge in [0.2, 0.25) is 0 Å². The van der Waals surface area contributed by atoms with Gasteiger partial charge in [-0.25, -0.2) is 0 Å². The van der Waals surface area contributed by atoms with Crippen molar-refractivity contribution >= 4 is 28.8 Å². The van der Waals surface area contributed by atoms with Crippen molar-refractivity contribution in [1.29, 1.82) is 0 Å². The van der Waals surface area contributed by atoms with Crippen LogP contribution in [0.3, 0.4) is 0 Å². The smallest absolute Gasteiger partial charge is 0.178 e. The molecule has 5 heteroatoms. The molecule has 0 saturated heterocycles. The summed E-state index contributed by atoms with van der Waals surface area (Å²) in [6.07, 6.45) is 1.59. The van der Waals surface area contributed by atoms with Gasteiger partial charge < -0.3 is 9.73 Å². The van der Waals surface area contributed by atoms with Gasteiger partial charge in [0.1, 0.15) is 11.8 Å². The Morgan fingerprint density at radius 1 is 1.23 bits per heavy atom. The van der Waals surface area contributed by atoms with Crippen molar-refractivity contribution in [1.82, 2.24) is 5.32 Å².